The second-order valence-corrected chi connectivity index (χ2v) is 5.50. The van der Waals surface area contributed by atoms with Crippen LogP contribution < -0.4 is 0 Å². The minimum absolute atomic E-state index is 0.910. The third-order valence-electron chi connectivity index (χ3n) is 4.38. The van der Waals surface area contributed by atoms with E-state index in [2.05, 4.69) is 20.8 Å². The van der Waals surface area contributed by atoms with Gasteiger partial charge in [0.15, 0.2) is 0 Å². The Morgan fingerprint density at radius 2 is 2.13 bits per heavy atom. The molecule has 0 aliphatic heterocycles. The third-order valence-corrected chi connectivity index (χ3v) is 4.38. The number of hydrogen-bond donors (Lipinski definition) is 1. The van der Waals surface area contributed by atoms with Crippen LogP contribution in [0.3, 0.4) is 0 Å². The van der Waals surface area contributed by atoms with Crippen molar-refractivity contribution in [3.8, 4) is 0 Å². The van der Waals surface area contributed by atoms with Gasteiger partial charge in [0.1, 0.15) is 0 Å². The molecule has 0 bridgehead atoms. The maximum atomic E-state index is 7.03. The molecule has 1 fully saturated rings. The number of rotatable bonds is 6. The Balaban J connectivity index is 2.31. The molecule has 0 aromatic rings. The molecule has 1 saturated carbocycles. The highest BCUT2D eigenvalue weighted by molar-refractivity contribution is 5.52. The average Bonchev–Trinajstić information content (AvgIpc) is 2.59. The molecule has 3 unspecified atom stereocenters. The monoisotopic (exact) mass is 209 g/mol. The highest BCUT2D eigenvalue weighted by Gasteiger charge is 2.33. The van der Waals surface area contributed by atoms with Crippen LogP contribution in [0.5, 0.6) is 0 Å². The van der Waals surface area contributed by atoms with Gasteiger partial charge in [0.05, 0.1) is 0 Å². The summed E-state index contributed by atoms with van der Waals surface area (Å²) in [6, 6.07) is 0. The molecule has 0 aromatic carbocycles. The van der Waals surface area contributed by atoms with Gasteiger partial charge in [-0.3, -0.25) is 0 Å². The van der Waals surface area contributed by atoms with E-state index in [1.165, 1.54) is 32.1 Å². The Labute approximate surface area is 95.2 Å². The molecule has 0 radical (unpaired) electrons. The number of nitrogens with one attached hydrogen (secondary N) is 1. The summed E-state index contributed by atoms with van der Waals surface area (Å²) in [5, 5.41) is 7.03. The van der Waals surface area contributed by atoms with E-state index in [0.717, 1.165) is 30.1 Å². The van der Waals surface area contributed by atoms with Gasteiger partial charge in [-0.25, -0.2) is 0 Å². The molecule has 1 aliphatic rings. The smallest absolute Gasteiger partial charge is 0.00477 e. The van der Waals surface area contributed by atoms with Crippen LogP contribution in [0.1, 0.15) is 59.3 Å². The summed E-state index contributed by atoms with van der Waals surface area (Å²) in [6.45, 7) is 7.17. The lowest BCUT2D eigenvalue weighted by Gasteiger charge is -2.21. The summed E-state index contributed by atoms with van der Waals surface area (Å²) in [5.41, 5.74) is 0. The molecule has 1 N–H and O–H groups in total. The molecule has 4 atom stereocenters. The van der Waals surface area contributed by atoms with E-state index in [4.69, 9.17) is 5.41 Å². The lowest BCUT2D eigenvalue weighted by atomic mass is 9.84. The van der Waals surface area contributed by atoms with Crippen LogP contribution in [0.2, 0.25) is 0 Å². The summed E-state index contributed by atoms with van der Waals surface area (Å²) in [6.07, 6.45) is 9.35. The Morgan fingerprint density at radius 3 is 2.73 bits per heavy atom. The largest absolute Gasteiger partial charge is 0.313 e. The molecule has 0 saturated heterocycles. The number of hydrogen-bond acceptors (Lipinski definition) is 1. The SMILES string of the molecule is CCC(C)[C@H]1CC(CCCC=N)CC1C. The second kappa shape index (κ2) is 6.30. The van der Waals surface area contributed by atoms with Crippen molar-refractivity contribution >= 4 is 6.21 Å². The summed E-state index contributed by atoms with van der Waals surface area (Å²) in [7, 11) is 0. The van der Waals surface area contributed by atoms with E-state index in [1.807, 2.05) is 0 Å². The Kier molecular flexibility index (Phi) is 5.35. The first-order chi connectivity index (χ1) is 7.19. The van der Waals surface area contributed by atoms with Gasteiger partial charge in [0.2, 0.25) is 0 Å². The highest BCUT2D eigenvalue weighted by atomic mass is 14.4. The fraction of sp³-hybridized carbons (Fsp3) is 0.929. The van der Waals surface area contributed by atoms with Crippen LogP contribution >= 0.6 is 0 Å². The normalized spacial score (nSPS) is 32.9. The van der Waals surface area contributed by atoms with E-state index < -0.39 is 0 Å². The van der Waals surface area contributed by atoms with Crippen LogP contribution in [-0.4, -0.2) is 6.21 Å². The van der Waals surface area contributed by atoms with Gasteiger partial charge in [0.25, 0.3) is 0 Å². The first-order valence-corrected chi connectivity index (χ1v) is 6.67. The Hall–Kier alpha value is -0.330. The van der Waals surface area contributed by atoms with Crippen LogP contribution in [0.25, 0.3) is 0 Å². The maximum Gasteiger partial charge on any atom is -0.00477 e. The molecule has 1 aliphatic carbocycles. The first kappa shape index (κ1) is 12.7. The summed E-state index contributed by atoms with van der Waals surface area (Å²) < 4.78 is 0. The van der Waals surface area contributed by atoms with Crippen LogP contribution in [0, 0.1) is 29.1 Å². The molecule has 1 nitrogen and oxygen atoms in total. The predicted octanol–water partition coefficient (Wildman–Crippen LogP) is 4.51. The molecule has 1 heteroatoms. The summed E-state index contributed by atoms with van der Waals surface area (Å²) in [4.78, 5) is 0. The fourth-order valence-corrected chi connectivity index (χ4v) is 3.25. The van der Waals surface area contributed by atoms with Gasteiger partial charge < -0.3 is 5.41 Å². The molecule has 0 aromatic heterocycles. The zero-order valence-electron chi connectivity index (χ0n) is 10.6. The van der Waals surface area contributed by atoms with Gasteiger partial charge in [0, 0.05) is 0 Å². The minimum Gasteiger partial charge on any atom is -0.313 e. The standard InChI is InChI=1S/C14H27N/c1-4-11(2)14-10-13(9-12(14)3)7-5-6-8-15/h8,11-15H,4-7,9-10H2,1-3H3/t11?,12?,13?,14-/m1/s1. The second-order valence-electron chi connectivity index (χ2n) is 5.50. The van der Waals surface area contributed by atoms with Crippen molar-refractivity contribution in [2.75, 3.05) is 0 Å². The van der Waals surface area contributed by atoms with E-state index >= 15 is 0 Å². The quantitative estimate of drug-likeness (QED) is 0.491. The van der Waals surface area contributed by atoms with E-state index in [-0.39, 0.29) is 0 Å². The molecule has 15 heavy (non-hydrogen) atoms. The van der Waals surface area contributed by atoms with Gasteiger partial charge in [-0.05, 0) is 55.6 Å². The molecular formula is C14H27N. The van der Waals surface area contributed by atoms with E-state index in [9.17, 15) is 0 Å². The van der Waals surface area contributed by atoms with Crippen molar-refractivity contribution in [2.24, 2.45) is 23.7 Å². The van der Waals surface area contributed by atoms with Crippen molar-refractivity contribution in [3.63, 3.8) is 0 Å². The Morgan fingerprint density at radius 1 is 1.40 bits per heavy atom. The molecule has 88 valence electrons. The number of unbranched alkanes of at least 4 members (excludes halogenated alkanes) is 1. The van der Waals surface area contributed by atoms with Crippen LogP contribution in [-0.2, 0) is 0 Å². The minimum atomic E-state index is 0.910. The van der Waals surface area contributed by atoms with Crippen molar-refractivity contribution in [1.82, 2.24) is 0 Å². The van der Waals surface area contributed by atoms with Gasteiger partial charge in [-0.15, -0.1) is 0 Å². The molecular weight excluding hydrogens is 182 g/mol. The zero-order valence-corrected chi connectivity index (χ0v) is 10.6. The fourth-order valence-electron chi connectivity index (χ4n) is 3.25. The van der Waals surface area contributed by atoms with Crippen LogP contribution in [0.4, 0.5) is 0 Å². The van der Waals surface area contributed by atoms with Crippen LogP contribution in [0.15, 0.2) is 0 Å². The first-order valence-electron chi connectivity index (χ1n) is 6.67. The molecule has 0 amide bonds. The van der Waals surface area contributed by atoms with Crippen molar-refractivity contribution in [1.29, 1.82) is 5.41 Å². The van der Waals surface area contributed by atoms with E-state index in [1.54, 1.807) is 6.21 Å². The summed E-state index contributed by atoms with van der Waals surface area (Å²) >= 11 is 0. The maximum absolute atomic E-state index is 7.03. The lowest BCUT2D eigenvalue weighted by molar-refractivity contribution is 0.284. The average molecular weight is 209 g/mol. The highest BCUT2D eigenvalue weighted by Crippen LogP contribution is 2.43. The van der Waals surface area contributed by atoms with Crippen molar-refractivity contribution in [2.45, 2.75) is 59.3 Å². The predicted molar refractivity (Wildman–Crippen MR) is 67.5 cm³/mol. The lowest BCUT2D eigenvalue weighted by Crippen LogP contribution is -2.13. The zero-order chi connectivity index (χ0) is 11.3. The van der Waals surface area contributed by atoms with Gasteiger partial charge in [-0.1, -0.05) is 33.6 Å². The topological polar surface area (TPSA) is 23.9 Å². The Bertz CT molecular complexity index is 188. The molecule has 0 spiro atoms. The molecule has 0 heterocycles. The summed E-state index contributed by atoms with van der Waals surface area (Å²) in [5.74, 6) is 3.77. The van der Waals surface area contributed by atoms with Gasteiger partial charge in [-0.2, -0.15) is 0 Å². The third kappa shape index (κ3) is 3.62. The van der Waals surface area contributed by atoms with Crippen molar-refractivity contribution in [3.05, 3.63) is 0 Å². The van der Waals surface area contributed by atoms with E-state index in [0.29, 0.717) is 0 Å². The van der Waals surface area contributed by atoms with Gasteiger partial charge >= 0.3 is 0 Å². The van der Waals surface area contributed by atoms with Crippen molar-refractivity contribution < 1.29 is 0 Å². The molecule has 1 rings (SSSR count).